The summed E-state index contributed by atoms with van der Waals surface area (Å²) in [5.41, 5.74) is 0.221. The number of aromatic nitrogens is 1. The summed E-state index contributed by atoms with van der Waals surface area (Å²) in [6.07, 6.45) is 3.69. The Kier molecular flexibility index (Phi) is 3.91. The molecule has 0 unspecified atom stereocenters. The average Bonchev–Trinajstić information content (AvgIpc) is 2.71. The maximum Gasteiger partial charge on any atom is 0.358 e. The third kappa shape index (κ3) is 2.96. The van der Waals surface area contributed by atoms with Gasteiger partial charge >= 0.3 is 5.97 Å². The molecule has 19 heavy (non-hydrogen) atoms. The highest BCUT2D eigenvalue weighted by molar-refractivity contribution is 5.85. The zero-order valence-corrected chi connectivity index (χ0v) is 11.7. The first-order valence-electron chi connectivity index (χ1n) is 6.48. The lowest BCUT2D eigenvalue weighted by Gasteiger charge is -2.49. The largest absolute Gasteiger partial charge is 0.476 e. The van der Waals surface area contributed by atoms with E-state index in [9.17, 15) is 4.79 Å². The van der Waals surface area contributed by atoms with E-state index in [1.54, 1.807) is 0 Å². The molecule has 0 aliphatic heterocycles. The molecule has 1 aromatic heterocycles. The van der Waals surface area contributed by atoms with Gasteiger partial charge in [0.15, 0.2) is 11.5 Å². The molecule has 0 aromatic carbocycles. The van der Waals surface area contributed by atoms with Gasteiger partial charge in [0.1, 0.15) is 0 Å². The lowest BCUT2D eigenvalue weighted by molar-refractivity contribution is 0.0239. The van der Waals surface area contributed by atoms with E-state index in [-0.39, 0.29) is 11.2 Å². The Hall–Kier alpha value is -1.40. The number of carbonyl (C=O) groups is 1. The Labute approximate surface area is 113 Å². The third-order valence-electron chi connectivity index (χ3n) is 4.00. The van der Waals surface area contributed by atoms with E-state index in [1.807, 2.05) is 7.05 Å². The summed E-state index contributed by atoms with van der Waals surface area (Å²) < 4.78 is 5.04. The summed E-state index contributed by atoms with van der Waals surface area (Å²) in [5, 5.41) is 12.3. The van der Waals surface area contributed by atoms with Gasteiger partial charge in [-0.3, -0.25) is 4.90 Å². The fourth-order valence-corrected chi connectivity index (χ4v) is 2.64. The lowest BCUT2D eigenvalue weighted by atomic mass is 9.75. The number of likely N-dealkylation sites (N-methyl/N-ethyl adjacent to an activating group) is 2. The van der Waals surface area contributed by atoms with E-state index in [4.69, 9.17) is 9.63 Å². The molecule has 1 N–H and O–H groups in total. The van der Waals surface area contributed by atoms with Crippen molar-refractivity contribution in [2.75, 3.05) is 27.7 Å². The van der Waals surface area contributed by atoms with Crippen LogP contribution in [0.25, 0.3) is 0 Å². The van der Waals surface area contributed by atoms with Gasteiger partial charge in [-0.1, -0.05) is 5.16 Å². The van der Waals surface area contributed by atoms with Gasteiger partial charge < -0.3 is 14.5 Å². The molecule has 6 heteroatoms. The van der Waals surface area contributed by atoms with Crippen molar-refractivity contribution in [3.8, 4) is 0 Å². The van der Waals surface area contributed by atoms with E-state index >= 15 is 0 Å². The molecule has 0 spiro atoms. The molecule has 0 radical (unpaired) electrons. The highest BCUT2D eigenvalue weighted by Gasteiger charge is 2.39. The van der Waals surface area contributed by atoms with Crippen LogP contribution in [0.3, 0.4) is 0 Å². The Bertz CT molecular complexity index is 452. The summed E-state index contributed by atoms with van der Waals surface area (Å²) >= 11 is 0. The van der Waals surface area contributed by atoms with Crippen LogP contribution in [-0.4, -0.2) is 59.3 Å². The number of hydrogen-bond donors (Lipinski definition) is 1. The molecule has 0 atom stereocenters. The van der Waals surface area contributed by atoms with Crippen LogP contribution in [0, 0.1) is 0 Å². The van der Waals surface area contributed by atoms with Crippen LogP contribution >= 0.6 is 0 Å². The van der Waals surface area contributed by atoms with Gasteiger partial charge in [-0.15, -0.1) is 0 Å². The predicted molar refractivity (Wildman–Crippen MR) is 70.1 cm³/mol. The molecule has 1 saturated carbocycles. The van der Waals surface area contributed by atoms with Crippen molar-refractivity contribution in [2.45, 2.75) is 31.3 Å². The van der Waals surface area contributed by atoms with E-state index in [0.29, 0.717) is 12.3 Å². The second kappa shape index (κ2) is 5.30. The van der Waals surface area contributed by atoms with E-state index in [0.717, 1.165) is 6.54 Å². The van der Waals surface area contributed by atoms with E-state index in [2.05, 4.69) is 29.1 Å². The van der Waals surface area contributed by atoms with Crippen molar-refractivity contribution >= 4 is 5.97 Å². The SMILES string of the molecule is CN(Cc1cc(C(=O)O)no1)CC1(N(C)C)CCC1. The van der Waals surface area contributed by atoms with Crippen molar-refractivity contribution in [3.63, 3.8) is 0 Å². The first-order chi connectivity index (χ1) is 8.93. The summed E-state index contributed by atoms with van der Waals surface area (Å²) in [4.78, 5) is 15.2. The maximum atomic E-state index is 10.7. The van der Waals surface area contributed by atoms with Crippen LogP contribution in [0.15, 0.2) is 10.6 Å². The van der Waals surface area contributed by atoms with Crippen molar-refractivity contribution < 1.29 is 14.4 Å². The number of aromatic carboxylic acids is 1. The maximum absolute atomic E-state index is 10.7. The molecule has 0 bridgehead atoms. The zero-order valence-electron chi connectivity index (χ0n) is 11.7. The fraction of sp³-hybridized carbons (Fsp3) is 0.692. The average molecular weight is 267 g/mol. The summed E-state index contributed by atoms with van der Waals surface area (Å²) in [6.45, 7) is 1.53. The Balaban J connectivity index is 1.93. The zero-order chi connectivity index (χ0) is 14.0. The minimum Gasteiger partial charge on any atom is -0.476 e. The molecule has 1 aliphatic rings. The Morgan fingerprint density at radius 1 is 1.47 bits per heavy atom. The van der Waals surface area contributed by atoms with Gasteiger partial charge in [-0.2, -0.15) is 0 Å². The standard InChI is InChI=1S/C13H21N3O3/c1-15(2)13(5-4-6-13)9-16(3)8-10-7-11(12(17)18)14-19-10/h7H,4-6,8-9H2,1-3H3,(H,17,18). The Morgan fingerprint density at radius 3 is 2.58 bits per heavy atom. The number of rotatable bonds is 6. The topological polar surface area (TPSA) is 69.8 Å². The highest BCUT2D eigenvalue weighted by atomic mass is 16.5. The van der Waals surface area contributed by atoms with Crippen LogP contribution in [0.1, 0.15) is 35.5 Å². The van der Waals surface area contributed by atoms with Crippen LogP contribution in [-0.2, 0) is 6.54 Å². The van der Waals surface area contributed by atoms with Crippen molar-refractivity contribution in [1.82, 2.24) is 15.0 Å². The highest BCUT2D eigenvalue weighted by Crippen LogP contribution is 2.36. The van der Waals surface area contributed by atoms with Crippen molar-refractivity contribution in [2.24, 2.45) is 0 Å². The normalized spacial score (nSPS) is 17.7. The molecule has 1 aliphatic carbocycles. The second-order valence-corrected chi connectivity index (χ2v) is 5.63. The third-order valence-corrected chi connectivity index (χ3v) is 4.00. The number of hydrogen-bond acceptors (Lipinski definition) is 5. The quantitative estimate of drug-likeness (QED) is 0.837. The van der Waals surface area contributed by atoms with Gasteiger partial charge in [0, 0.05) is 18.2 Å². The predicted octanol–water partition coefficient (Wildman–Crippen LogP) is 1.29. The van der Waals surface area contributed by atoms with Crippen LogP contribution in [0.4, 0.5) is 0 Å². The summed E-state index contributed by atoms with van der Waals surface area (Å²) in [7, 11) is 6.25. The molecule has 0 saturated heterocycles. The van der Waals surface area contributed by atoms with Gasteiger partial charge in [-0.05, 0) is 40.4 Å². The van der Waals surface area contributed by atoms with E-state index < -0.39 is 5.97 Å². The second-order valence-electron chi connectivity index (χ2n) is 5.63. The fourth-order valence-electron chi connectivity index (χ4n) is 2.64. The molecule has 1 aromatic rings. The molecular formula is C13H21N3O3. The number of carboxylic acids is 1. The lowest BCUT2D eigenvalue weighted by Crippen LogP contribution is -2.56. The van der Waals surface area contributed by atoms with E-state index in [1.165, 1.54) is 25.3 Å². The van der Waals surface area contributed by atoms with Gasteiger partial charge in [0.05, 0.1) is 6.54 Å². The van der Waals surface area contributed by atoms with Gasteiger partial charge in [0.25, 0.3) is 0 Å². The molecule has 106 valence electrons. The van der Waals surface area contributed by atoms with Crippen molar-refractivity contribution in [1.29, 1.82) is 0 Å². The Morgan fingerprint density at radius 2 is 2.16 bits per heavy atom. The smallest absolute Gasteiger partial charge is 0.358 e. The molecule has 0 amide bonds. The van der Waals surface area contributed by atoms with Crippen LogP contribution in [0.2, 0.25) is 0 Å². The van der Waals surface area contributed by atoms with Crippen LogP contribution in [0.5, 0.6) is 0 Å². The molecular weight excluding hydrogens is 246 g/mol. The molecule has 2 rings (SSSR count). The van der Waals surface area contributed by atoms with Crippen LogP contribution < -0.4 is 0 Å². The minimum atomic E-state index is -1.05. The van der Waals surface area contributed by atoms with Gasteiger partial charge in [0.2, 0.25) is 0 Å². The monoisotopic (exact) mass is 267 g/mol. The summed E-state index contributed by atoms with van der Waals surface area (Å²) in [6, 6.07) is 1.49. The minimum absolute atomic E-state index is 0.0330. The van der Waals surface area contributed by atoms with Gasteiger partial charge in [-0.25, -0.2) is 4.79 Å². The van der Waals surface area contributed by atoms with Crippen molar-refractivity contribution in [3.05, 3.63) is 17.5 Å². The first kappa shape index (κ1) is 14.0. The molecule has 1 heterocycles. The molecule has 6 nitrogen and oxygen atoms in total. The number of nitrogens with zero attached hydrogens (tertiary/aromatic N) is 3. The molecule has 1 fully saturated rings. The first-order valence-corrected chi connectivity index (χ1v) is 6.48. The summed E-state index contributed by atoms with van der Waals surface area (Å²) in [5.74, 6) is -0.463. The number of carboxylic acid groups (broad SMARTS) is 1.